The molecule has 1 aliphatic heterocycles. The summed E-state index contributed by atoms with van der Waals surface area (Å²) in [5.41, 5.74) is 2.76. The minimum absolute atomic E-state index is 0.0722. The topological polar surface area (TPSA) is 32.3 Å². The molecular weight excluding hydrogens is 327 g/mol. The highest BCUT2D eigenvalue weighted by molar-refractivity contribution is 5.95. The van der Waals surface area contributed by atoms with Crippen molar-refractivity contribution in [3.8, 4) is 0 Å². The van der Waals surface area contributed by atoms with Crippen molar-refractivity contribution in [2.75, 3.05) is 19.6 Å². The number of carbonyl (C=O) groups is 1. The van der Waals surface area contributed by atoms with Crippen LogP contribution in [0.1, 0.15) is 41.3 Å². The van der Waals surface area contributed by atoms with Crippen molar-refractivity contribution in [2.45, 2.75) is 32.7 Å². The molecule has 0 bridgehead atoms. The Morgan fingerprint density at radius 3 is 2.65 bits per heavy atom. The predicted molar refractivity (Wildman–Crippen MR) is 103 cm³/mol. The molecule has 0 saturated carbocycles. The first-order chi connectivity index (χ1) is 12.5. The fraction of sp³-hybridized carbons (Fsp3) is 0.409. The van der Waals surface area contributed by atoms with E-state index in [1.807, 2.05) is 42.2 Å². The van der Waals surface area contributed by atoms with Crippen molar-refractivity contribution in [3.05, 3.63) is 71.0 Å². The van der Waals surface area contributed by atoms with Crippen LogP contribution >= 0.6 is 0 Å². The molecule has 1 fully saturated rings. The minimum Gasteiger partial charge on any atom is -0.336 e. The van der Waals surface area contributed by atoms with E-state index < -0.39 is 0 Å². The van der Waals surface area contributed by atoms with E-state index in [4.69, 9.17) is 0 Å². The van der Waals surface area contributed by atoms with Gasteiger partial charge in [0.05, 0.1) is 0 Å². The summed E-state index contributed by atoms with van der Waals surface area (Å²) in [4.78, 5) is 15.1. The second kappa shape index (κ2) is 8.00. The molecule has 138 valence electrons. The first-order valence-corrected chi connectivity index (χ1v) is 9.30. The van der Waals surface area contributed by atoms with E-state index in [0.717, 1.165) is 29.8 Å². The molecule has 0 aliphatic carbocycles. The minimum atomic E-state index is -0.204. The van der Waals surface area contributed by atoms with E-state index in [2.05, 4.69) is 19.2 Å². The SMILES string of the molecule is Cc1ccccc1C(=O)N(CC1CNCC1c1cccc(F)c1)C(C)C. The van der Waals surface area contributed by atoms with E-state index in [9.17, 15) is 9.18 Å². The van der Waals surface area contributed by atoms with Crippen LogP contribution in [0.4, 0.5) is 4.39 Å². The molecule has 3 nitrogen and oxygen atoms in total. The average Bonchev–Trinajstić information content (AvgIpc) is 3.07. The van der Waals surface area contributed by atoms with Crippen molar-refractivity contribution in [1.82, 2.24) is 10.2 Å². The van der Waals surface area contributed by atoms with E-state index >= 15 is 0 Å². The van der Waals surface area contributed by atoms with Gasteiger partial charge in [-0.25, -0.2) is 4.39 Å². The van der Waals surface area contributed by atoms with Crippen LogP contribution in [0.5, 0.6) is 0 Å². The quantitative estimate of drug-likeness (QED) is 0.881. The van der Waals surface area contributed by atoms with Crippen LogP contribution in [0.15, 0.2) is 48.5 Å². The van der Waals surface area contributed by atoms with Gasteiger partial charge >= 0.3 is 0 Å². The first kappa shape index (κ1) is 18.6. The summed E-state index contributed by atoms with van der Waals surface area (Å²) >= 11 is 0. The molecule has 0 spiro atoms. The molecule has 2 aromatic carbocycles. The highest BCUT2D eigenvalue weighted by atomic mass is 19.1. The standard InChI is InChI=1S/C22H27FN2O/c1-15(2)25(22(26)20-10-5-4-7-16(20)3)14-18-12-24-13-21(18)17-8-6-9-19(23)11-17/h4-11,15,18,21,24H,12-14H2,1-3H3. The molecule has 2 atom stereocenters. The highest BCUT2D eigenvalue weighted by Gasteiger charge is 2.32. The van der Waals surface area contributed by atoms with E-state index in [-0.39, 0.29) is 29.6 Å². The number of aryl methyl sites for hydroxylation is 1. The lowest BCUT2D eigenvalue weighted by atomic mass is 9.88. The lowest BCUT2D eigenvalue weighted by molar-refractivity contribution is 0.0671. The Hall–Kier alpha value is -2.20. The number of nitrogens with one attached hydrogen (secondary N) is 1. The van der Waals surface area contributed by atoms with Crippen LogP contribution in [-0.4, -0.2) is 36.5 Å². The Bertz CT molecular complexity index is 774. The monoisotopic (exact) mass is 354 g/mol. The second-order valence-electron chi connectivity index (χ2n) is 7.45. The van der Waals surface area contributed by atoms with Crippen molar-refractivity contribution >= 4 is 5.91 Å². The number of carbonyl (C=O) groups excluding carboxylic acids is 1. The van der Waals surface area contributed by atoms with Gasteiger partial charge in [0.15, 0.2) is 0 Å². The number of rotatable bonds is 5. The van der Waals surface area contributed by atoms with Crippen LogP contribution in [0, 0.1) is 18.7 Å². The fourth-order valence-corrected chi connectivity index (χ4v) is 3.80. The number of amides is 1. The molecule has 2 unspecified atom stereocenters. The molecule has 1 heterocycles. The summed E-state index contributed by atoms with van der Waals surface area (Å²) in [5, 5.41) is 3.41. The number of halogens is 1. The van der Waals surface area contributed by atoms with E-state index in [1.54, 1.807) is 12.1 Å². The summed E-state index contributed by atoms with van der Waals surface area (Å²) in [6.07, 6.45) is 0. The molecule has 1 saturated heterocycles. The van der Waals surface area contributed by atoms with Gasteiger partial charge in [-0.3, -0.25) is 4.79 Å². The van der Waals surface area contributed by atoms with Crippen LogP contribution in [0.2, 0.25) is 0 Å². The number of hydrogen-bond donors (Lipinski definition) is 1. The largest absolute Gasteiger partial charge is 0.336 e. The zero-order chi connectivity index (χ0) is 18.7. The molecular formula is C22H27FN2O. The fourth-order valence-electron chi connectivity index (χ4n) is 3.80. The summed E-state index contributed by atoms with van der Waals surface area (Å²) in [5.74, 6) is 0.358. The molecule has 0 radical (unpaired) electrons. The number of hydrogen-bond acceptors (Lipinski definition) is 2. The Morgan fingerprint density at radius 1 is 1.19 bits per heavy atom. The molecule has 1 amide bonds. The molecule has 4 heteroatoms. The summed E-state index contributed by atoms with van der Waals surface area (Å²) in [6.45, 7) is 8.40. The normalized spacial score (nSPS) is 19.7. The van der Waals surface area contributed by atoms with E-state index in [0.29, 0.717) is 6.54 Å². The van der Waals surface area contributed by atoms with Crippen LogP contribution < -0.4 is 5.32 Å². The third-order valence-electron chi connectivity index (χ3n) is 5.31. The van der Waals surface area contributed by atoms with Crippen molar-refractivity contribution in [2.24, 2.45) is 5.92 Å². The molecule has 1 N–H and O–H groups in total. The lowest BCUT2D eigenvalue weighted by Crippen LogP contribution is -2.42. The average molecular weight is 354 g/mol. The molecule has 2 aromatic rings. The smallest absolute Gasteiger partial charge is 0.254 e. The van der Waals surface area contributed by atoms with Gasteiger partial charge in [-0.1, -0.05) is 30.3 Å². The molecule has 1 aliphatic rings. The van der Waals surface area contributed by atoms with Gasteiger partial charge in [-0.2, -0.15) is 0 Å². The second-order valence-corrected chi connectivity index (χ2v) is 7.45. The van der Waals surface area contributed by atoms with Crippen molar-refractivity contribution in [3.63, 3.8) is 0 Å². The van der Waals surface area contributed by atoms with Gasteiger partial charge < -0.3 is 10.2 Å². The van der Waals surface area contributed by atoms with Crippen molar-refractivity contribution < 1.29 is 9.18 Å². The molecule has 26 heavy (non-hydrogen) atoms. The first-order valence-electron chi connectivity index (χ1n) is 9.30. The van der Waals surface area contributed by atoms with Gasteiger partial charge in [-0.15, -0.1) is 0 Å². The Balaban J connectivity index is 1.81. The zero-order valence-corrected chi connectivity index (χ0v) is 15.7. The maximum atomic E-state index is 13.6. The van der Waals surface area contributed by atoms with Gasteiger partial charge in [0, 0.05) is 37.2 Å². The van der Waals surface area contributed by atoms with Gasteiger partial charge in [0.25, 0.3) is 5.91 Å². The Kier molecular flexibility index (Phi) is 5.72. The predicted octanol–water partition coefficient (Wildman–Crippen LogP) is 3.99. The summed E-state index contributed by atoms with van der Waals surface area (Å²) < 4.78 is 13.6. The third kappa shape index (κ3) is 3.96. The Morgan fingerprint density at radius 2 is 1.96 bits per heavy atom. The lowest BCUT2D eigenvalue weighted by Gasteiger charge is -2.32. The zero-order valence-electron chi connectivity index (χ0n) is 15.7. The van der Waals surface area contributed by atoms with Crippen LogP contribution in [-0.2, 0) is 0 Å². The van der Waals surface area contributed by atoms with Crippen molar-refractivity contribution in [1.29, 1.82) is 0 Å². The third-order valence-corrected chi connectivity index (χ3v) is 5.31. The molecule has 0 aromatic heterocycles. The van der Waals surface area contributed by atoms with Crippen LogP contribution in [0.3, 0.4) is 0 Å². The maximum absolute atomic E-state index is 13.6. The number of benzene rings is 2. The Labute approximate surface area is 155 Å². The van der Waals surface area contributed by atoms with E-state index in [1.165, 1.54) is 6.07 Å². The van der Waals surface area contributed by atoms with Gasteiger partial charge in [0.1, 0.15) is 5.82 Å². The van der Waals surface area contributed by atoms with Gasteiger partial charge in [0.2, 0.25) is 0 Å². The van der Waals surface area contributed by atoms with Gasteiger partial charge in [-0.05, 0) is 56.0 Å². The maximum Gasteiger partial charge on any atom is 0.254 e. The summed E-state index contributed by atoms with van der Waals surface area (Å²) in [6, 6.07) is 14.7. The summed E-state index contributed by atoms with van der Waals surface area (Å²) in [7, 11) is 0. The molecule has 3 rings (SSSR count). The number of nitrogens with zero attached hydrogens (tertiary/aromatic N) is 1. The van der Waals surface area contributed by atoms with Crippen LogP contribution in [0.25, 0.3) is 0 Å². The highest BCUT2D eigenvalue weighted by Crippen LogP contribution is 2.30.